The van der Waals surface area contributed by atoms with Crippen LogP contribution in [0, 0.1) is 6.92 Å². The summed E-state index contributed by atoms with van der Waals surface area (Å²) < 4.78 is 31.9. The Hall–Kier alpha value is -2.98. The maximum Gasteiger partial charge on any atom is 0.254 e. The second kappa shape index (κ2) is 10.5. The zero-order chi connectivity index (χ0) is 27.1. The number of amides is 1. The van der Waals surface area contributed by atoms with Gasteiger partial charge in [0, 0.05) is 48.8 Å². The second-order valence-corrected chi connectivity index (χ2v) is 13.4. The lowest BCUT2D eigenvalue weighted by atomic mass is 9.96. The summed E-state index contributed by atoms with van der Waals surface area (Å²) in [5.74, 6) is 0.853. The van der Waals surface area contributed by atoms with Crippen molar-refractivity contribution in [3.63, 3.8) is 0 Å². The lowest BCUT2D eigenvalue weighted by Crippen LogP contribution is -2.39. The molecule has 0 N–H and O–H groups in total. The van der Waals surface area contributed by atoms with Crippen LogP contribution in [0.15, 0.2) is 24.3 Å². The van der Waals surface area contributed by atoms with Gasteiger partial charge in [-0.1, -0.05) is 17.7 Å². The van der Waals surface area contributed by atoms with Gasteiger partial charge < -0.3 is 14.5 Å². The summed E-state index contributed by atoms with van der Waals surface area (Å²) in [4.78, 5) is 23.4. The number of aromatic nitrogens is 3. The molecule has 1 amide bonds. The van der Waals surface area contributed by atoms with Crippen LogP contribution in [0.4, 0.5) is 5.82 Å². The number of carbonyl (C=O) groups is 1. The molecule has 9 nitrogen and oxygen atoms in total. The molecule has 0 radical (unpaired) electrons. The molecular weight excluding hydrogens is 514 g/mol. The molecule has 6 rings (SSSR count). The maximum absolute atomic E-state index is 14.0. The number of benzene rings is 1. The summed E-state index contributed by atoms with van der Waals surface area (Å²) in [7, 11) is -3.29. The predicted molar refractivity (Wildman–Crippen MR) is 150 cm³/mol. The average molecular weight is 552 g/mol. The van der Waals surface area contributed by atoms with E-state index in [4.69, 9.17) is 14.8 Å². The molecule has 2 fully saturated rings. The molecule has 2 saturated heterocycles. The monoisotopic (exact) mass is 551 g/mol. The molecule has 0 bridgehead atoms. The summed E-state index contributed by atoms with van der Waals surface area (Å²) in [6, 6.07) is 7.34. The lowest BCUT2D eigenvalue weighted by Gasteiger charge is -2.35. The van der Waals surface area contributed by atoms with Crippen molar-refractivity contribution >= 4 is 27.2 Å². The number of ether oxygens (including phenoxy) is 1. The van der Waals surface area contributed by atoms with Crippen molar-refractivity contribution in [2.75, 3.05) is 44.0 Å². The highest BCUT2D eigenvalue weighted by atomic mass is 32.2. The molecular formula is C29H37N5O4S. The summed E-state index contributed by atoms with van der Waals surface area (Å²) in [5.41, 5.74) is 6.11. The molecule has 39 heavy (non-hydrogen) atoms. The number of fused-ring (bicyclic) bond motifs is 2. The molecule has 3 aliphatic rings. The Kier molecular flexibility index (Phi) is 7.09. The van der Waals surface area contributed by atoms with Gasteiger partial charge in [-0.3, -0.25) is 4.79 Å². The molecule has 0 saturated carbocycles. The zero-order valence-electron chi connectivity index (χ0n) is 22.9. The minimum atomic E-state index is -3.29. The summed E-state index contributed by atoms with van der Waals surface area (Å²) in [5, 5.41) is 5.13. The van der Waals surface area contributed by atoms with Gasteiger partial charge in [0.1, 0.15) is 5.82 Å². The Morgan fingerprint density at radius 1 is 1.05 bits per heavy atom. The minimum Gasteiger partial charge on any atom is -0.378 e. The van der Waals surface area contributed by atoms with Gasteiger partial charge in [-0.15, -0.1) is 0 Å². The molecule has 0 unspecified atom stereocenters. The summed E-state index contributed by atoms with van der Waals surface area (Å²) in [6.07, 6.45) is 8.23. The quantitative estimate of drug-likeness (QED) is 0.477. The number of likely N-dealkylation sites (tertiary alicyclic amines) is 1. The van der Waals surface area contributed by atoms with Crippen LogP contribution < -0.4 is 4.90 Å². The molecule has 1 atom stereocenters. The third-order valence-electron chi connectivity index (χ3n) is 8.20. The Labute approximate surface area is 230 Å². The fraction of sp³-hybridized carbons (Fsp3) is 0.552. The molecule has 1 aliphatic carbocycles. The first-order valence-electron chi connectivity index (χ1n) is 14.1. The van der Waals surface area contributed by atoms with Crippen molar-refractivity contribution in [3.05, 3.63) is 57.9 Å². The predicted octanol–water partition coefficient (Wildman–Crippen LogP) is 3.67. The number of rotatable bonds is 5. The third-order valence-corrected chi connectivity index (χ3v) is 9.03. The maximum atomic E-state index is 14.0. The van der Waals surface area contributed by atoms with E-state index in [1.54, 1.807) is 6.07 Å². The van der Waals surface area contributed by atoms with Gasteiger partial charge >= 0.3 is 0 Å². The first-order chi connectivity index (χ1) is 18.8. The second-order valence-electron chi connectivity index (χ2n) is 11.2. The van der Waals surface area contributed by atoms with Crippen LogP contribution in [0.25, 0.3) is 5.65 Å². The van der Waals surface area contributed by atoms with E-state index < -0.39 is 9.84 Å². The van der Waals surface area contributed by atoms with E-state index >= 15 is 0 Å². The number of hydrogen-bond acceptors (Lipinski definition) is 7. The fourth-order valence-corrected chi connectivity index (χ4v) is 7.16. The van der Waals surface area contributed by atoms with Gasteiger partial charge in [-0.2, -0.15) is 9.61 Å². The van der Waals surface area contributed by atoms with E-state index in [-0.39, 0.29) is 17.7 Å². The molecule has 2 aliphatic heterocycles. The molecule has 10 heteroatoms. The zero-order valence-corrected chi connectivity index (χ0v) is 23.7. The van der Waals surface area contributed by atoms with Crippen LogP contribution in [-0.4, -0.2) is 72.9 Å². The van der Waals surface area contributed by atoms with Gasteiger partial charge in [0.15, 0.2) is 15.5 Å². The van der Waals surface area contributed by atoms with Crippen molar-refractivity contribution in [3.8, 4) is 0 Å². The Morgan fingerprint density at radius 2 is 1.85 bits per heavy atom. The number of nitrogens with zero attached hydrogens (tertiary/aromatic N) is 5. The van der Waals surface area contributed by atoms with Crippen molar-refractivity contribution in [1.82, 2.24) is 19.5 Å². The van der Waals surface area contributed by atoms with Gasteiger partial charge in [0.2, 0.25) is 0 Å². The van der Waals surface area contributed by atoms with E-state index in [9.17, 15) is 13.2 Å². The number of piperidine rings is 1. The van der Waals surface area contributed by atoms with Gasteiger partial charge in [0.05, 0.1) is 30.7 Å². The normalized spacial score (nSPS) is 20.3. The standard InChI is InChI=1S/C29H37N5O4S/c1-20-10-11-21(19-39(2,36)37)23(17-20)29(35)33-12-6-5-9-26(33)25-18-27-30-24-8-4-3-7-22(24)28(34(27)31-25)32-13-15-38-16-14-32/h10-11,17-18,26H,3-9,12-16,19H2,1-2H3/t26-/m1/s1. The topological polar surface area (TPSA) is 97.1 Å². The van der Waals surface area contributed by atoms with Crippen molar-refractivity contribution < 1.29 is 17.9 Å². The van der Waals surface area contributed by atoms with Crippen LogP contribution in [0.2, 0.25) is 0 Å². The van der Waals surface area contributed by atoms with Gasteiger partial charge in [0.25, 0.3) is 5.91 Å². The van der Waals surface area contributed by atoms with E-state index in [1.807, 2.05) is 28.5 Å². The first kappa shape index (κ1) is 26.3. The molecule has 0 spiro atoms. The number of hydrogen-bond donors (Lipinski definition) is 0. The van der Waals surface area contributed by atoms with Crippen molar-refractivity contribution in [2.24, 2.45) is 0 Å². The number of morpholine rings is 1. The average Bonchev–Trinajstić information content (AvgIpc) is 3.35. The minimum absolute atomic E-state index is 0.125. The smallest absolute Gasteiger partial charge is 0.254 e. The largest absolute Gasteiger partial charge is 0.378 e. The van der Waals surface area contributed by atoms with E-state index in [0.29, 0.717) is 30.9 Å². The molecule has 3 aromatic rings. The van der Waals surface area contributed by atoms with Crippen LogP contribution in [0.1, 0.15) is 76.6 Å². The molecule has 208 valence electrons. The Morgan fingerprint density at radius 3 is 2.64 bits per heavy atom. The fourth-order valence-electron chi connectivity index (χ4n) is 6.34. The summed E-state index contributed by atoms with van der Waals surface area (Å²) in [6.45, 7) is 5.59. The van der Waals surface area contributed by atoms with Gasteiger partial charge in [-0.25, -0.2) is 13.4 Å². The highest BCUT2D eigenvalue weighted by molar-refractivity contribution is 7.89. The van der Waals surface area contributed by atoms with Crippen molar-refractivity contribution in [1.29, 1.82) is 0 Å². The highest BCUT2D eigenvalue weighted by Crippen LogP contribution is 2.36. The number of carbonyl (C=O) groups excluding carboxylic acids is 1. The van der Waals surface area contributed by atoms with Crippen LogP contribution in [0.5, 0.6) is 0 Å². The van der Waals surface area contributed by atoms with Crippen molar-refractivity contribution in [2.45, 2.75) is 63.7 Å². The Balaban J connectivity index is 1.41. The first-order valence-corrected chi connectivity index (χ1v) is 16.2. The van der Waals surface area contributed by atoms with E-state index in [1.165, 1.54) is 17.5 Å². The Bertz CT molecular complexity index is 1510. The molecule has 2 aromatic heterocycles. The highest BCUT2D eigenvalue weighted by Gasteiger charge is 2.33. The van der Waals surface area contributed by atoms with E-state index in [0.717, 1.165) is 80.8 Å². The lowest BCUT2D eigenvalue weighted by molar-refractivity contribution is 0.0604. The third kappa shape index (κ3) is 5.28. The number of anilines is 1. The number of aryl methyl sites for hydroxylation is 2. The van der Waals surface area contributed by atoms with Crippen LogP contribution in [-0.2, 0) is 33.2 Å². The molecule has 1 aromatic carbocycles. The van der Waals surface area contributed by atoms with Crippen LogP contribution >= 0.6 is 0 Å². The SMILES string of the molecule is Cc1ccc(CS(C)(=O)=O)c(C(=O)N2CCCC[C@@H]2c2cc3nc4c(c(N5CCOCC5)n3n2)CCCC4)c1. The number of sulfone groups is 1. The van der Waals surface area contributed by atoms with Gasteiger partial charge in [-0.05, 0) is 63.5 Å². The van der Waals surface area contributed by atoms with E-state index in [2.05, 4.69) is 11.0 Å². The summed E-state index contributed by atoms with van der Waals surface area (Å²) >= 11 is 0. The molecule has 4 heterocycles. The van der Waals surface area contributed by atoms with Crippen LogP contribution in [0.3, 0.4) is 0 Å².